The smallest absolute Gasteiger partial charge is 0.130 e. The van der Waals surface area contributed by atoms with Crippen molar-refractivity contribution in [3.63, 3.8) is 0 Å². The highest BCUT2D eigenvalue weighted by Crippen LogP contribution is 2.46. The Morgan fingerprint density at radius 2 is 2.10 bits per heavy atom. The van der Waals surface area contributed by atoms with Gasteiger partial charge in [0.2, 0.25) is 0 Å². The third-order valence-electron chi connectivity index (χ3n) is 6.66. The summed E-state index contributed by atoms with van der Waals surface area (Å²) in [6.45, 7) is 1.74. The second kappa shape index (κ2) is 6.42. The number of halogens is 1. The van der Waals surface area contributed by atoms with E-state index in [9.17, 15) is 9.65 Å². The largest absolute Gasteiger partial charge is 0.384 e. The van der Waals surface area contributed by atoms with E-state index in [0.29, 0.717) is 39.5 Å². The molecule has 2 saturated carbocycles. The number of pyridine rings is 1. The number of benzene rings is 1. The standard InChI is InChI=1S/C24H21FN6/c1-12-19(25)8-20-18(11-29-30-20)22(12)31-23-15(7-13-3-2-4-13)21(14-5-6-14)28-10-17(23)16(9-26)24(31)27/h7-8,10-11,14H,2-6,27H2,1H3,(H,29,30). The van der Waals surface area contributed by atoms with Crippen LogP contribution in [0.25, 0.3) is 33.6 Å². The number of nitrogen functional groups attached to an aromatic ring is 1. The molecule has 0 aliphatic heterocycles. The molecule has 0 radical (unpaired) electrons. The topological polar surface area (TPSA) is 96.3 Å². The van der Waals surface area contributed by atoms with E-state index in [2.05, 4.69) is 22.3 Å². The highest BCUT2D eigenvalue weighted by Gasteiger charge is 2.31. The van der Waals surface area contributed by atoms with Crippen LogP contribution < -0.4 is 5.73 Å². The Morgan fingerprint density at radius 3 is 2.77 bits per heavy atom. The summed E-state index contributed by atoms with van der Waals surface area (Å²) in [4.78, 5) is 4.77. The maximum atomic E-state index is 14.9. The lowest BCUT2D eigenvalue weighted by atomic mass is 9.89. The number of nitrogens with zero attached hydrogens (tertiary/aromatic N) is 4. The monoisotopic (exact) mass is 412 g/mol. The van der Waals surface area contributed by atoms with Gasteiger partial charge in [0, 0.05) is 34.0 Å². The number of hydrogen-bond acceptors (Lipinski definition) is 4. The van der Waals surface area contributed by atoms with E-state index in [1.54, 1.807) is 19.3 Å². The molecule has 0 unspecified atom stereocenters. The zero-order valence-electron chi connectivity index (χ0n) is 17.2. The van der Waals surface area contributed by atoms with E-state index in [1.165, 1.54) is 18.1 Å². The first-order chi connectivity index (χ1) is 15.1. The Kier molecular flexibility index (Phi) is 3.75. The molecule has 0 saturated heterocycles. The fourth-order valence-corrected chi connectivity index (χ4v) is 4.66. The minimum atomic E-state index is -0.345. The lowest BCUT2D eigenvalue weighted by molar-refractivity contribution is 0.619. The normalized spacial score (nSPS) is 16.0. The van der Waals surface area contributed by atoms with Gasteiger partial charge < -0.3 is 5.73 Å². The van der Waals surface area contributed by atoms with Crippen molar-refractivity contribution in [1.82, 2.24) is 19.7 Å². The van der Waals surface area contributed by atoms with Crippen LogP contribution in [0.3, 0.4) is 0 Å². The Morgan fingerprint density at radius 1 is 1.29 bits per heavy atom. The summed E-state index contributed by atoms with van der Waals surface area (Å²) in [6, 6.07) is 3.70. The number of rotatable bonds is 3. The molecule has 0 amide bonds. The lowest BCUT2D eigenvalue weighted by Gasteiger charge is -2.19. The van der Waals surface area contributed by atoms with Gasteiger partial charge in [-0.05, 0) is 45.1 Å². The first-order valence-electron chi connectivity index (χ1n) is 10.6. The summed E-state index contributed by atoms with van der Waals surface area (Å²) < 4.78 is 16.7. The number of H-pyrrole nitrogens is 1. The molecule has 4 aromatic rings. The fourth-order valence-electron chi connectivity index (χ4n) is 4.66. The van der Waals surface area contributed by atoms with Gasteiger partial charge in [-0.15, -0.1) is 0 Å². The molecule has 3 heterocycles. The third-order valence-corrected chi connectivity index (χ3v) is 6.66. The molecule has 2 aliphatic carbocycles. The molecular weight excluding hydrogens is 391 g/mol. The van der Waals surface area contributed by atoms with E-state index in [-0.39, 0.29) is 5.82 Å². The zero-order valence-corrected chi connectivity index (χ0v) is 17.2. The maximum Gasteiger partial charge on any atom is 0.130 e. The molecule has 3 N–H and O–H groups in total. The highest BCUT2D eigenvalue weighted by atomic mass is 19.1. The summed E-state index contributed by atoms with van der Waals surface area (Å²) in [5, 5.41) is 18.4. The van der Waals surface area contributed by atoms with E-state index in [4.69, 9.17) is 10.7 Å². The first kappa shape index (κ1) is 18.1. The Bertz CT molecular complexity index is 1460. The van der Waals surface area contributed by atoms with Crippen molar-refractivity contribution in [2.45, 2.75) is 44.9 Å². The number of nitriles is 1. The number of nitrogens with two attached hydrogens (primary N) is 1. The van der Waals surface area contributed by atoms with Gasteiger partial charge in [0.15, 0.2) is 0 Å². The summed E-state index contributed by atoms with van der Waals surface area (Å²) >= 11 is 0. The van der Waals surface area contributed by atoms with Gasteiger partial charge in [-0.25, -0.2) is 4.39 Å². The molecule has 0 spiro atoms. The molecule has 6 rings (SSSR count). The van der Waals surface area contributed by atoms with Gasteiger partial charge in [0.1, 0.15) is 23.3 Å². The second-order valence-electron chi connectivity index (χ2n) is 8.62. The zero-order chi connectivity index (χ0) is 21.3. The molecule has 31 heavy (non-hydrogen) atoms. The van der Waals surface area contributed by atoms with Gasteiger partial charge in [-0.2, -0.15) is 10.4 Å². The molecule has 1 aromatic carbocycles. The fraction of sp³-hybridized carbons (Fsp3) is 0.292. The Labute approximate surface area is 178 Å². The molecule has 2 aliphatic rings. The van der Waals surface area contributed by atoms with Crippen LogP contribution in [0, 0.1) is 24.1 Å². The summed E-state index contributed by atoms with van der Waals surface area (Å²) in [5.41, 5.74) is 12.9. The summed E-state index contributed by atoms with van der Waals surface area (Å²) in [5.74, 6) is 0.382. The predicted octanol–water partition coefficient (Wildman–Crippen LogP) is 5.25. The van der Waals surface area contributed by atoms with Crippen molar-refractivity contribution in [1.29, 1.82) is 5.26 Å². The van der Waals surface area contributed by atoms with E-state index in [0.717, 1.165) is 47.8 Å². The van der Waals surface area contributed by atoms with Crippen LogP contribution in [-0.2, 0) is 0 Å². The molecule has 2 fully saturated rings. The second-order valence-corrected chi connectivity index (χ2v) is 8.62. The van der Waals surface area contributed by atoms with Crippen LogP contribution in [0.15, 0.2) is 24.0 Å². The number of anilines is 1. The van der Waals surface area contributed by atoms with E-state index < -0.39 is 0 Å². The number of allylic oxidation sites excluding steroid dienone is 1. The molecule has 0 bridgehead atoms. The van der Waals surface area contributed by atoms with E-state index >= 15 is 0 Å². The number of nitrogens with one attached hydrogen (secondary N) is 1. The van der Waals surface area contributed by atoms with Crippen molar-refractivity contribution in [2.75, 3.05) is 5.73 Å². The van der Waals surface area contributed by atoms with Gasteiger partial charge in [-0.1, -0.05) is 11.6 Å². The maximum absolute atomic E-state index is 14.9. The number of aromatic nitrogens is 4. The van der Waals surface area contributed by atoms with Crippen molar-refractivity contribution in [3.05, 3.63) is 52.2 Å². The summed E-state index contributed by atoms with van der Waals surface area (Å²) in [6.07, 6.45) is 11.2. The number of hydrogen-bond donors (Lipinski definition) is 2. The average Bonchev–Trinajstić information content (AvgIpc) is 3.40. The van der Waals surface area contributed by atoms with Crippen molar-refractivity contribution < 1.29 is 4.39 Å². The Hall–Kier alpha value is -3.66. The van der Waals surface area contributed by atoms with Crippen molar-refractivity contribution in [2.24, 2.45) is 0 Å². The number of aromatic amines is 1. The first-order valence-corrected chi connectivity index (χ1v) is 10.6. The van der Waals surface area contributed by atoms with Gasteiger partial charge in [-0.3, -0.25) is 14.6 Å². The molecule has 3 aromatic heterocycles. The molecule has 7 heteroatoms. The van der Waals surface area contributed by atoms with Crippen LogP contribution in [0.5, 0.6) is 0 Å². The molecular formula is C24H21FN6. The van der Waals surface area contributed by atoms with Gasteiger partial charge >= 0.3 is 0 Å². The molecule has 154 valence electrons. The Balaban J connectivity index is 1.80. The van der Waals surface area contributed by atoms with Crippen LogP contribution >= 0.6 is 0 Å². The van der Waals surface area contributed by atoms with Crippen LogP contribution in [0.2, 0.25) is 0 Å². The SMILES string of the molecule is Cc1c(F)cc2[nH]ncc2c1-n1c(N)c(C#N)c2cnc(C3CC3)c(C=C3CCC3)c21. The average molecular weight is 412 g/mol. The minimum absolute atomic E-state index is 0.303. The van der Waals surface area contributed by atoms with Crippen molar-refractivity contribution in [3.8, 4) is 11.8 Å². The molecule has 0 atom stereocenters. The quantitative estimate of drug-likeness (QED) is 0.480. The minimum Gasteiger partial charge on any atom is -0.384 e. The van der Waals surface area contributed by atoms with Crippen LogP contribution in [0.1, 0.15) is 60.4 Å². The van der Waals surface area contributed by atoms with Crippen molar-refractivity contribution >= 4 is 33.7 Å². The van der Waals surface area contributed by atoms with Crippen LogP contribution in [-0.4, -0.2) is 19.7 Å². The summed E-state index contributed by atoms with van der Waals surface area (Å²) in [7, 11) is 0. The number of fused-ring (bicyclic) bond motifs is 2. The lowest BCUT2D eigenvalue weighted by Crippen LogP contribution is -2.07. The molecule has 6 nitrogen and oxygen atoms in total. The van der Waals surface area contributed by atoms with Gasteiger partial charge in [0.25, 0.3) is 0 Å². The third kappa shape index (κ3) is 2.54. The van der Waals surface area contributed by atoms with E-state index in [1.807, 2.05) is 4.57 Å². The van der Waals surface area contributed by atoms with Crippen LogP contribution in [0.4, 0.5) is 10.2 Å². The predicted molar refractivity (Wildman–Crippen MR) is 118 cm³/mol. The van der Waals surface area contributed by atoms with Gasteiger partial charge in [0.05, 0.1) is 28.6 Å². The highest BCUT2D eigenvalue weighted by molar-refractivity contribution is 6.02.